The largest absolute Gasteiger partial charge is 0.478 e. The number of carbonyl (C=O) groups is 2. The number of hydrogen-bond donors (Lipinski definition) is 1. The lowest BCUT2D eigenvalue weighted by Crippen LogP contribution is -2.43. The number of fused-ring (bicyclic) bond motifs is 1. The third kappa shape index (κ3) is 2.84. The van der Waals surface area contributed by atoms with E-state index in [0.717, 1.165) is 11.3 Å². The number of aryl methyl sites for hydroxylation is 1. The Morgan fingerprint density at radius 3 is 2.74 bits per heavy atom. The van der Waals surface area contributed by atoms with Gasteiger partial charge in [-0.1, -0.05) is 0 Å². The van der Waals surface area contributed by atoms with Crippen molar-refractivity contribution in [2.24, 2.45) is 0 Å². The third-order valence-corrected chi connectivity index (χ3v) is 4.64. The molecule has 1 saturated heterocycles. The van der Waals surface area contributed by atoms with Gasteiger partial charge in [0.2, 0.25) is 5.91 Å². The molecule has 1 aliphatic rings. The number of ether oxygens (including phenoxy) is 1. The van der Waals surface area contributed by atoms with Gasteiger partial charge >= 0.3 is 5.97 Å². The summed E-state index contributed by atoms with van der Waals surface area (Å²) in [5.41, 5.74) is -0.567. The molecular formula is C14H15N3O5S. The molecule has 3 rings (SSSR count). The van der Waals surface area contributed by atoms with Gasteiger partial charge in [-0.15, -0.1) is 11.3 Å². The number of amides is 1. The molecule has 0 saturated carbocycles. The molecule has 0 aromatic carbocycles. The van der Waals surface area contributed by atoms with Crippen molar-refractivity contribution in [3.8, 4) is 0 Å². The molecule has 1 fully saturated rings. The molecule has 0 atom stereocenters. The molecule has 1 N–H and O–H groups in total. The van der Waals surface area contributed by atoms with Crippen LogP contribution in [0.4, 0.5) is 0 Å². The molecule has 0 aliphatic carbocycles. The molecule has 0 bridgehead atoms. The molecule has 0 spiro atoms. The van der Waals surface area contributed by atoms with E-state index in [-0.39, 0.29) is 23.4 Å². The van der Waals surface area contributed by atoms with Gasteiger partial charge in [-0.25, -0.2) is 9.78 Å². The average molecular weight is 337 g/mol. The Hall–Kier alpha value is -2.26. The van der Waals surface area contributed by atoms with Crippen LogP contribution in [-0.2, 0) is 16.1 Å². The van der Waals surface area contributed by atoms with Gasteiger partial charge in [-0.2, -0.15) is 0 Å². The molecule has 9 heteroatoms. The van der Waals surface area contributed by atoms with Crippen molar-refractivity contribution in [3.63, 3.8) is 0 Å². The summed E-state index contributed by atoms with van der Waals surface area (Å²) in [5, 5.41) is 10.6. The summed E-state index contributed by atoms with van der Waals surface area (Å²) in [5.74, 6) is -0.986. The van der Waals surface area contributed by atoms with Crippen LogP contribution >= 0.6 is 11.3 Å². The Morgan fingerprint density at radius 1 is 1.39 bits per heavy atom. The van der Waals surface area contributed by atoms with Gasteiger partial charge in [0.15, 0.2) is 0 Å². The topological polar surface area (TPSA) is 102 Å². The minimum atomic E-state index is -1.18. The Morgan fingerprint density at radius 2 is 2.09 bits per heavy atom. The Kier molecular flexibility index (Phi) is 4.14. The first-order valence-electron chi connectivity index (χ1n) is 7.06. The minimum Gasteiger partial charge on any atom is -0.478 e. The number of nitrogens with zero attached hydrogens (tertiary/aromatic N) is 3. The normalized spacial score (nSPS) is 15.1. The highest BCUT2D eigenvalue weighted by Crippen LogP contribution is 2.21. The fourth-order valence-corrected chi connectivity index (χ4v) is 3.47. The summed E-state index contributed by atoms with van der Waals surface area (Å²) in [7, 11) is 0. The van der Waals surface area contributed by atoms with Crippen LogP contribution in [0.2, 0.25) is 0 Å². The van der Waals surface area contributed by atoms with E-state index in [1.807, 2.05) is 0 Å². The quantitative estimate of drug-likeness (QED) is 0.866. The van der Waals surface area contributed by atoms with Gasteiger partial charge in [-0.3, -0.25) is 14.2 Å². The van der Waals surface area contributed by atoms with Crippen LogP contribution < -0.4 is 5.56 Å². The maximum Gasteiger partial charge on any atom is 0.337 e. The van der Waals surface area contributed by atoms with E-state index < -0.39 is 11.5 Å². The highest BCUT2D eigenvalue weighted by atomic mass is 32.1. The van der Waals surface area contributed by atoms with E-state index in [1.54, 1.807) is 11.8 Å². The molecular weight excluding hydrogens is 322 g/mol. The number of carboxylic acids is 1. The number of thiophene rings is 1. The SMILES string of the molecule is Cc1nc2scc(C(=O)O)c2c(=O)n1CC(=O)N1CCOCC1. The van der Waals surface area contributed by atoms with Crippen molar-refractivity contribution in [2.45, 2.75) is 13.5 Å². The van der Waals surface area contributed by atoms with Gasteiger partial charge in [0.05, 0.1) is 24.2 Å². The monoisotopic (exact) mass is 337 g/mol. The van der Waals surface area contributed by atoms with E-state index in [9.17, 15) is 19.5 Å². The first kappa shape index (κ1) is 15.6. The summed E-state index contributed by atoms with van der Waals surface area (Å²) in [6.45, 7) is 3.41. The maximum absolute atomic E-state index is 12.6. The van der Waals surface area contributed by atoms with Crippen LogP contribution in [-0.4, -0.2) is 57.7 Å². The lowest BCUT2D eigenvalue weighted by Gasteiger charge is -2.27. The Labute approximate surface area is 134 Å². The maximum atomic E-state index is 12.6. The fraction of sp³-hybridized carbons (Fsp3) is 0.429. The predicted octanol–water partition coefficient (Wildman–Crippen LogP) is 0.323. The molecule has 0 unspecified atom stereocenters. The van der Waals surface area contributed by atoms with Crippen LogP contribution in [0.25, 0.3) is 10.2 Å². The van der Waals surface area contributed by atoms with Gasteiger partial charge < -0.3 is 14.7 Å². The highest BCUT2D eigenvalue weighted by Gasteiger charge is 2.22. The van der Waals surface area contributed by atoms with E-state index >= 15 is 0 Å². The van der Waals surface area contributed by atoms with Crippen molar-refractivity contribution in [1.29, 1.82) is 0 Å². The van der Waals surface area contributed by atoms with Gasteiger partial charge in [0.1, 0.15) is 17.2 Å². The van der Waals surface area contributed by atoms with Crippen molar-refractivity contribution in [2.75, 3.05) is 26.3 Å². The van der Waals surface area contributed by atoms with Crippen LogP contribution in [0.5, 0.6) is 0 Å². The van der Waals surface area contributed by atoms with Crippen LogP contribution in [0, 0.1) is 6.92 Å². The lowest BCUT2D eigenvalue weighted by molar-refractivity contribution is -0.136. The van der Waals surface area contributed by atoms with Gasteiger partial charge in [0, 0.05) is 18.5 Å². The number of carbonyl (C=O) groups excluding carboxylic acids is 1. The number of aromatic nitrogens is 2. The standard InChI is InChI=1S/C14H15N3O5S/c1-8-15-12-11(9(7-23-12)14(20)21)13(19)17(8)6-10(18)16-2-4-22-5-3-16/h7H,2-6H2,1H3,(H,20,21). The van der Waals surface area contributed by atoms with E-state index in [2.05, 4.69) is 4.98 Å². The first-order chi connectivity index (χ1) is 11.0. The molecule has 122 valence electrons. The zero-order chi connectivity index (χ0) is 16.6. The number of rotatable bonds is 3. The second kappa shape index (κ2) is 6.09. The van der Waals surface area contributed by atoms with E-state index in [4.69, 9.17) is 4.74 Å². The molecule has 3 heterocycles. The summed E-state index contributed by atoms with van der Waals surface area (Å²) in [6.07, 6.45) is 0. The van der Waals surface area contributed by atoms with Crippen LogP contribution in [0.15, 0.2) is 10.2 Å². The number of hydrogen-bond acceptors (Lipinski definition) is 6. The summed E-state index contributed by atoms with van der Waals surface area (Å²) < 4.78 is 6.43. The Bertz CT molecular complexity index is 835. The zero-order valence-corrected chi connectivity index (χ0v) is 13.3. The number of morpholine rings is 1. The van der Waals surface area contributed by atoms with Crippen molar-refractivity contribution >= 4 is 33.4 Å². The first-order valence-corrected chi connectivity index (χ1v) is 7.94. The molecule has 1 aliphatic heterocycles. The molecule has 0 radical (unpaired) electrons. The molecule has 2 aromatic heterocycles. The predicted molar refractivity (Wildman–Crippen MR) is 83.0 cm³/mol. The summed E-state index contributed by atoms with van der Waals surface area (Å²) >= 11 is 1.11. The second-order valence-corrected chi connectivity index (χ2v) is 6.04. The number of carboxylic acid groups (broad SMARTS) is 1. The van der Waals surface area contributed by atoms with Crippen molar-refractivity contribution in [3.05, 3.63) is 27.1 Å². The number of aromatic carboxylic acids is 1. The minimum absolute atomic E-state index is 0.0582. The van der Waals surface area contributed by atoms with E-state index in [0.29, 0.717) is 37.0 Å². The molecule has 1 amide bonds. The second-order valence-electron chi connectivity index (χ2n) is 5.18. The van der Waals surface area contributed by atoms with Crippen LogP contribution in [0.1, 0.15) is 16.2 Å². The smallest absolute Gasteiger partial charge is 0.337 e. The zero-order valence-electron chi connectivity index (χ0n) is 12.4. The fourth-order valence-electron chi connectivity index (χ4n) is 2.52. The lowest BCUT2D eigenvalue weighted by atomic mass is 10.2. The third-order valence-electron chi connectivity index (χ3n) is 3.77. The Balaban J connectivity index is 2.00. The van der Waals surface area contributed by atoms with Crippen LogP contribution in [0.3, 0.4) is 0 Å². The highest BCUT2D eigenvalue weighted by molar-refractivity contribution is 7.17. The summed E-state index contributed by atoms with van der Waals surface area (Å²) in [4.78, 5) is 42.5. The molecule has 2 aromatic rings. The van der Waals surface area contributed by atoms with Crippen molar-refractivity contribution < 1.29 is 19.4 Å². The van der Waals surface area contributed by atoms with Gasteiger partial charge in [-0.05, 0) is 6.92 Å². The van der Waals surface area contributed by atoms with Crippen molar-refractivity contribution in [1.82, 2.24) is 14.5 Å². The molecule has 8 nitrogen and oxygen atoms in total. The average Bonchev–Trinajstić information content (AvgIpc) is 2.96. The van der Waals surface area contributed by atoms with Gasteiger partial charge in [0.25, 0.3) is 5.56 Å². The summed E-state index contributed by atoms with van der Waals surface area (Å²) in [6, 6.07) is 0. The van der Waals surface area contributed by atoms with E-state index in [1.165, 1.54) is 9.95 Å². The molecule has 23 heavy (non-hydrogen) atoms.